The Morgan fingerprint density at radius 1 is 0.600 bits per heavy atom. The number of fused-ring (bicyclic) bond motifs is 3. The zero-order valence-corrected chi connectivity index (χ0v) is 28.4. The Labute approximate surface area is 290 Å². The fourth-order valence-corrected chi connectivity index (χ4v) is 7.84. The van der Waals surface area contributed by atoms with Crippen molar-refractivity contribution < 1.29 is 22.6 Å². The van der Waals surface area contributed by atoms with Gasteiger partial charge in [0.1, 0.15) is 0 Å². The van der Waals surface area contributed by atoms with Crippen molar-refractivity contribution in [2.45, 2.75) is 16.7 Å². The number of anilines is 3. The number of hydrogen-bond acceptors (Lipinski definition) is 7. The molecule has 0 radical (unpaired) electrons. The molecule has 1 aliphatic heterocycles. The maximum absolute atomic E-state index is 13.4. The van der Waals surface area contributed by atoms with Crippen molar-refractivity contribution in [2.24, 2.45) is 0 Å². The lowest BCUT2D eigenvalue weighted by atomic mass is 9.94. The first-order valence-electron chi connectivity index (χ1n) is 16.1. The molecule has 0 fully saturated rings. The highest BCUT2D eigenvalue weighted by Gasteiger charge is 2.28. The van der Waals surface area contributed by atoms with E-state index in [1.807, 2.05) is 78.9 Å². The van der Waals surface area contributed by atoms with E-state index in [2.05, 4.69) is 30.0 Å². The molecule has 0 saturated carbocycles. The number of benzene rings is 6. The van der Waals surface area contributed by atoms with Crippen molar-refractivity contribution in [1.82, 2.24) is 4.98 Å². The Morgan fingerprint density at radius 2 is 1.20 bits per heavy atom. The molecule has 6 aromatic carbocycles. The van der Waals surface area contributed by atoms with Gasteiger partial charge in [0, 0.05) is 10.9 Å². The van der Waals surface area contributed by atoms with Crippen LogP contribution < -0.4 is 19.1 Å². The van der Waals surface area contributed by atoms with Crippen molar-refractivity contribution >= 4 is 37.8 Å². The Bertz CT molecular complexity index is 2470. The van der Waals surface area contributed by atoms with Gasteiger partial charge in [-0.1, -0.05) is 66.7 Å². The monoisotopic (exact) mass is 676 g/mol. The smallest absolute Gasteiger partial charge is 0.206 e. The summed E-state index contributed by atoms with van der Waals surface area (Å²) in [7, 11) is -0.443. The van der Waals surface area contributed by atoms with E-state index in [1.54, 1.807) is 56.7 Å². The van der Waals surface area contributed by atoms with Crippen LogP contribution in [0.4, 0.5) is 17.1 Å². The summed E-state index contributed by atoms with van der Waals surface area (Å²) in [5.41, 5.74) is 7.82. The largest absolute Gasteiger partial charge is 0.493 e. The Balaban J connectivity index is 1.38. The lowest BCUT2D eigenvalue weighted by molar-refractivity contribution is 0.355. The molecule has 2 heterocycles. The molecule has 0 saturated heterocycles. The average molecular weight is 677 g/mol. The predicted molar refractivity (Wildman–Crippen MR) is 197 cm³/mol. The van der Waals surface area contributed by atoms with Gasteiger partial charge >= 0.3 is 0 Å². The lowest BCUT2D eigenvalue weighted by Gasteiger charge is -2.33. The number of pyridine rings is 1. The molecule has 246 valence electrons. The van der Waals surface area contributed by atoms with Crippen molar-refractivity contribution in [1.29, 1.82) is 0 Å². The van der Waals surface area contributed by atoms with Gasteiger partial charge < -0.3 is 19.1 Å². The minimum absolute atomic E-state index is 0.214. The summed E-state index contributed by atoms with van der Waals surface area (Å²) in [4.78, 5) is 8.01. The third-order valence-corrected chi connectivity index (χ3v) is 10.8. The zero-order chi connectivity index (χ0) is 34.4. The van der Waals surface area contributed by atoms with Crippen LogP contribution in [0.15, 0.2) is 149 Å². The molecule has 0 unspecified atom stereocenters. The number of hydrogen-bond donors (Lipinski definition) is 0. The van der Waals surface area contributed by atoms with Gasteiger partial charge in [-0.15, -0.1) is 0 Å². The molecule has 0 atom stereocenters. The second-order valence-corrected chi connectivity index (χ2v) is 13.9. The van der Waals surface area contributed by atoms with Gasteiger partial charge in [0.25, 0.3) is 0 Å². The van der Waals surface area contributed by atoms with Gasteiger partial charge in [-0.05, 0) is 96.4 Å². The van der Waals surface area contributed by atoms with Gasteiger partial charge in [0.05, 0.1) is 52.3 Å². The second kappa shape index (κ2) is 12.4. The molecular formula is C42H32N2O5S. The molecular weight excluding hydrogens is 645 g/mol. The van der Waals surface area contributed by atoms with Crippen LogP contribution in [-0.4, -0.2) is 27.6 Å². The van der Waals surface area contributed by atoms with Crippen LogP contribution in [0.2, 0.25) is 0 Å². The number of rotatable bonds is 7. The topological polar surface area (TPSA) is 78.0 Å². The van der Waals surface area contributed by atoms with Crippen LogP contribution in [0.25, 0.3) is 33.3 Å². The summed E-state index contributed by atoms with van der Waals surface area (Å²) in [5.74, 6) is 2.72. The summed E-state index contributed by atoms with van der Waals surface area (Å²) in [6, 6.07) is 43.5. The number of aryl methyl sites for hydroxylation is 1. The molecule has 8 rings (SSSR count). The fraction of sp³-hybridized carbons (Fsp3) is 0.0714. The average Bonchev–Trinajstić information content (AvgIpc) is 3.17. The molecule has 7 aromatic rings. The van der Waals surface area contributed by atoms with Crippen LogP contribution >= 0.6 is 0 Å². The second-order valence-electron chi connectivity index (χ2n) is 12.0. The molecule has 50 heavy (non-hydrogen) atoms. The van der Waals surface area contributed by atoms with E-state index in [0.29, 0.717) is 17.2 Å². The normalized spacial score (nSPS) is 12.2. The van der Waals surface area contributed by atoms with Crippen LogP contribution in [0.5, 0.6) is 23.0 Å². The Hall–Kier alpha value is -6.12. The fourth-order valence-electron chi connectivity index (χ4n) is 6.56. The van der Waals surface area contributed by atoms with E-state index in [0.717, 1.165) is 61.7 Å². The molecule has 0 bridgehead atoms. The third-order valence-electron chi connectivity index (χ3n) is 9.03. The van der Waals surface area contributed by atoms with Gasteiger partial charge in [-0.2, -0.15) is 0 Å². The standard InChI is InChI=1S/C42H32N2O5S/c1-27-17-23-36(44-34-13-7-9-15-37(34)49-38-16-10-8-14-35(38)44)42-41(27)32(29-20-24-39(47-2)40(25-29)48-3)26-33(43-42)28-18-21-31(22-19-28)50(45,46)30-11-5-4-6-12-30/h4-26H,1-3H3. The Kier molecular flexibility index (Phi) is 7.73. The molecule has 8 heteroatoms. The van der Waals surface area contributed by atoms with Crippen LogP contribution in [-0.2, 0) is 9.84 Å². The first-order chi connectivity index (χ1) is 24.4. The molecule has 0 spiro atoms. The molecule has 0 aliphatic carbocycles. The minimum atomic E-state index is -3.69. The number of nitrogens with zero attached hydrogens (tertiary/aromatic N) is 2. The number of aromatic nitrogens is 1. The van der Waals surface area contributed by atoms with E-state index >= 15 is 0 Å². The minimum Gasteiger partial charge on any atom is -0.493 e. The summed E-state index contributed by atoms with van der Waals surface area (Å²) in [5, 5.41) is 0.975. The number of sulfone groups is 1. The number of ether oxygens (including phenoxy) is 3. The van der Waals surface area contributed by atoms with E-state index in [-0.39, 0.29) is 9.79 Å². The highest BCUT2D eigenvalue weighted by atomic mass is 32.2. The van der Waals surface area contributed by atoms with Crippen molar-refractivity contribution in [3.63, 3.8) is 0 Å². The van der Waals surface area contributed by atoms with Gasteiger partial charge in [-0.25, -0.2) is 13.4 Å². The molecule has 0 amide bonds. The molecule has 1 aromatic heterocycles. The molecule has 7 nitrogen and oxygen atoms in total. The van der Waals surface area contributed by atoms with Crippen molar-refractivity contribution in [3.8, 4) is 45.4 Å². The number of methoxy groups -OCH3 is 2. The Morgan fingerprint density at radius 3 is 1.86 bits per heavy atom. The summed E-state index contributed by atoms with van der Waals surface area (Å²) in [6.45, 7) is 2.09. The quantitative estimate of drug-likeness (QED) is 0.166. The summed E-state index contributed by atoms with van der Waals surface area (Å²) < 4.78 is 44.4. The predicted octanol–water partition coefficient (Wildman–Crippen LogP) is 10.3. The first-order valence-corrected chi connectivity index (χ1v) is 17.6. The van der Waals surface area contributed by atoms with E-state index < -0.39 is 9.84 Å². The van der Waals surface area contributed by atoms with Gasteiger partial charge in [0.15, 0.2) is 23.0 Å². The zero-order valence-electron chi connectivity index (χ0n) is 27.6. The third kappa shape index (κ3) is 5.21. The highest BCUT2D eigenvalue weighted by Crippen LogP contribution is 2.52. The molecule has 1 aliphatic rings. The maximum Gasteiger partial charge on any atom is 0.206 e. The highest BCUT2D eigenvalue weighted by molar-refractivity contribution is 7.91. The molecule has 0 N–H and O–H groups in total. The first kappa shape index (κ1) is 31.2. The van der Waals surface area contributed by atoms with Gasteiger partial charge in [-0.3, -0.25) is 0 Å². The summed E-state index contributed by atoms with van der Waals surface area (Å²) in [6.07, 6.45) is 0. The van der Waals surface area contributed by atoms with E-state index in [1.165, 1.54) is 0 Å². The van der Waals surface area contributed by atoms with Crippen LogP contribution in [0.3, 0.4) is 0 Å². The van der Waals surface area contributed by atoms with Gasteiger partial charge in [0.2, 0.25) is 9.84 Å². The summed E-state index contributed by atoms with van der Waals surface area (Å²) >= 11 is 0. The van der Waals surface area contributed by atoms with Crippen molar-refractivity contribution in [3.05, 3.63) is 145 Å². The van der Waals surface area contributed by atoms with Crippen LogP contribution in [0.1, 0.15) is 5.56 Å². The van der Waals surface area contributed by atoms with Crippen LogP contribution in [0, 0.1) is 6.92 Å². The maximum atomic E-state index is 13.4. The number of para-hydroxylation sites is 4. The van der Waals surface area contributed by atoms with E-state index in [9.17, 15) is 8.42 Å². The van der Waals surface area contributed by atoms with Crippen molar-refractivity contribution in [2.75, 3.05) is 19.1 Å². The van der Waals surface area contributed by atoms with E-state index in [4.69, 9.17) is 19.2 Å². The lowest BCUT2D eigenvalue weighted by Crippen LogP contribution is -2.16. The SMILES string of the molecule is COc1ccc(-c2cc(-c3ccc(S(=O)(=O)c4ccccc4)cc3)nc3c(N4c5ccccc5Oc5ccccc54)ccc(C)c23)cc1OC.